The van der Waals surface area contributed by atoms with Crippen molar-refractivity contribution in [2.75, 3.05) is 5.73 Å². The van der Waals surface area contributed by atoms with Crippen LogP contribution < -0.4 is 5.73 Å². The van der Waals surface area contributed by atoms with E-state index in [1.807, 2.05) is 4.57 Å². The van der Waals surface area contributed by atoms with E-state index in [1.165, 1.54) is 12.8 Å². The molecular formula is C7H12N4S. The minimum Gasteiger partial charge on any atom is -0.368 e. The highest BCUT2D eigenvalue weighted by atomic mass is 32.1. The van der Waals surface area contributed by atoms with Gasteiger partial charge in [0, 0.05) is 6.04 Å². The van der Waals surface area contributed by atoms with Crippen molar-refractivity contribution in [2.45, 2.75) is 25.8 Å². The van der Waals surface area contributed by atoms with Crippen molar-refractivity contribution in [1.29, 1.82) is 0 Å². The van der Waals surface area contributed by atoms with Crippen molar-refractivity contribution in [2.24, 2.45) is 5.92 Å². The summed E-state index contributed by atoms with van der Waals surface area (Å²) in [5, 5.41) is 6.56. The van der Waals surface area contributed by atoms with Crippen LogP contribution in [0.25, 0.3) is 0 Å². The lowest BCUT2D eigenvalue weighted by atomic mass is 10.3. The fourth-order valence-electron chi connectivity index (χ4n) is 1.62. The number of aromatic amines is 1. The van der Waals surface area contributed by atoms with E-state index in [9.17, 15) is 0 Å². The zero-order valence-electron chi connectivity index (χ0n) is 6.95. The normalized spacial score (nSPS) is 27.4. The molecule has 0 bridgehead atoms. The lowest BCUT2D eigenvalue weighted by Crippen LogP contribution is -2.02. The van der Waals surface area contributed by atoms with Gasteiger partial charge in [0.2, 0.25) is 5.95 Å². The number of aromatic nitrogens is 3. The number of nitrogens with one attached hydrogen (secondary N) is 1. The van der Waals surface area contributed by atoms with E-state index >= 15 is 0 Å². The molecule has 66 valence electrons. The molecule has 0 aliphatic heterocycles. The standard InChI is InChI=1S/C7H12N4S/c1-2-4-3-5(4)11-6(8)9-10-7(11)12/h4-5H,2-3H2,1H3,(H2,8,9)(H,10,12). The van der Waals surface area contributed by atoms with Gasteiger partial charge in [0.25, 0.3) is 0 Å². The number of nitrogen functional groups attached to an aromatic ring is 1. The molecule has 0 amide bonds. The van der Waals surface area contributed by atoms with Gasteiger partial charge < -0.3 is 5.73 Å². The average Bonchev–Trinajstić information content (AvgIpc) is 2.74. The zero-order chi connectivity index (χ0) is 8.72. The van der Waals surface area contributed by atoms with Crippen LogP contribution in [0.4, 0.5) is 5.95 Å². The second-order valence-corrected chi connectivity index (χ2v) is 3.62. The van der Waals surface area contributed by atoms with Crippen LogP contribution in [0.1, 0.15) is 25.8 Å². The van der Waals surface area contributed by atoms with Crippen LogP contribution in [0.15, 0.2) is 0 Å². The Balaban J connectivity index is 2.29. The van der Waals surface area contributed by atoms with Gasteiger partial charge in [0.1, 0.15) is 0 Å². The van der Waals surface area contributed by atoms with E-state index in [0.717, 1.165) is 5.92 Å². The first-order valence-corrected chi connectivity index (χ1v) is 4.57. The largest absolute Gasteiger partial charge is 0.368 e. The van der Waals surface area contributed by atoms with Crippen LogP contribution in [-0.4, -0.2) is 14.8 Å². The van der Waals surface area contributed by atoms with E-state index in [1.54, 1.807) is 0 Å². The summed E-state index contributed by atoms with van der Waals surface area (Å²) in [5.41, 5.74) is 5.65. The number of rotatable bonds is 2. The molecule has 2 unspecified atom stereocenters. The second kappa shape index (κ2) is 2.58. The third kappa shape index (κ3) is 1.04. The number of anilines is 1. The Morgan fingerprint density at radius 3 is 3.00 bits per heavy atom. The monoisotopic (exact) mass is 184 g/mol. The maximum absolute atomic E-state index is 5.65. The first kappa shape index (κ1) is 7.79. The molecule has 0 radical (unpaired) electrons. The van der Waals surface area contributed by atoms with Gasteiger partial charge in [-0.15, -0.1) is 5.10 Å². The van der Waals surface area contributed by atoms with Crippen LogP contribution in [0.3, 0.4) is 0 Å². The molecular weight excluding hydrogens is 172 g/mol. The summed E-state index contributed by atoms with van der Waals surface area (Å²) in [4.78, 5) is 0. The van der Waals surface area contributed by atoms with Crippen molar-refractivity contribution in [3.05, 3.63) is 4.77 Å². The highest BCUT2D eigenvalue weighted by molar-refractivity contribution is 7.71. The van der Waals surface area contributed by atoms with E-state index in [0.29, 0.717) is 16.8 Å². The Kier molecular flexibility index (Phi) is 1.68. The number of H-pyrrole nitrogens is 1. The zero-order valence-corrected chi connectivity index (χ0v) is 7.77. The molecule has 5 heteroatoms. The van der Waals surface area contributed by atoms with Crippen molar-refractivity contribution < 1.29 is 0 Å². The molecule has 1 heterocycles. The minimum absolute atomic E-state index is 0.501. The van der Waals surface area contributed by atoms with Crippen molar-refractivity contribution in [1.82, 2.24) is 14.8 Å². The minimum atomic E-state index is 0.501. The van der Waals surface area contributed by atoms with Crippen LogP contribution in [0.2, 0.25) is 0 Å². The van der Waals surface area contributed by atoms with Gasteiger partial charge in [-0.2, -0.15) is 0 Å². The molecule has 0 saturated heterocycles. The molecule has 0 spiro atoms. The Morgan fingerprint density at radius 1 is 1.83 bits per heavy atom. The third-order valence-corrected chi connectivity index (χ3v) is 2.76. The summed E-state index contributed by atoms with van der Waals surface area (Å²) in [6.45, 7) is 2.19. The fourth-order valence-corrected chi connectivity index (χ4v) is 1.90. The molecule has 1 aliphatic rings. The van der Waals surface area contributed by atoms with Crippen molar-refractivity contribution in [3.8, 4) is 0 Å². The van der Waals surface area contributed by atoms with Crippen LogP contribution in [0, 0.1) is 10.7 Å². The molecule has 2 atom stereocenters. The van der Waals surface area contributed by atoms with Gasteiger partial charge in [-0.25, -0.2) is 5.10 Å². The van der Waals surface area contributed by atoms with Crippen LogP contribution in [-0.2, 0) is 0 Å². The highest BCUT2D eigenvalue weighted by Gasteiger charge is 2.38. The molecule has 1 aliphatic carbocycles. The van der Waals surface area contributed by atoms with Crippen molar-refractivity contribution in [3.63, 3.8) is 0 Å². The Morgan fingerprint density at radius 2 is 2.58 bits per heavy atom. The number of hydrogen-bond acceptors (Lipinski definition) is 3. The van der Waals surface area contributed by atoms with Crippen molar-refractivity contribution >= 4 is 18.2 Å². The first-order valence-electron chi connectivity index (χ1n) is 4.16. The first-order chi connectivity index (χ1) is 5.74. The van der Waals surface area contributed by atoms with E-state index in [-0.39, 0.29) is 0 Å². The molecule has 0 aromatic carbocycles. The SMILES string of the molecule is CCC1CC1n1c(N)n[nH]c1=S. The molecule has 12 heavy (non-hydrogen) atoms. The molecule has 1 aromatic rings. The summed E-state index contributed by atoms with van der Waals surface area (Å²) in [5.74, 6) is 1.26. The summed E-state index contributed by atoms with van der Waals surface area (Å²) in [7, 11) is 0. The molecule has 1 aromatic heterocycles. The molecule has 1 fully saturated rings. The summed E-state index contributed by atoms with van der Waals surface area (Å²) in [6, 6.07) is 0.501. The van der Waals surface area contributed by atoms with Crippen LogP contribution in [0.5, 0.6) is 0 Å². The lowest BCUT2D eigenvalue weighted by Gasteiger charge is -2.00. The molecule has 3 N–H and O–H groups in total. The smallest absolute Gasteiger partial charge is 0.220 e. The Hall–Kier alpha value is -0.840. The average molecular weight is 184 g/mol. The lowest BCUT2D eigenvalue weighted by molar-refractivity contribution is 0.639. The maximum atomic E-state index is 5.65. The predicted octanol–water partition coefficient (Wildman–Crippen LogP) is 1.49. The summed E-state index contributed by atoms with van der Waals surface area (Å²) in [6.07, 6.45) is 2.38. The highest BCUT2D eigenvalue weighted by Crippen LogP contribution is 2.46. The van der Waals surface area contributed by atoms with Crippen LogP contribution >= 0.6 is 12.2 Å². The topological polar surface area (TPSA) is 59.6 Å². The number of hydrogen-bond donors (Lipinski definition) is 2. The Bertz CT molecular complexity index is 339. The van der Waals surface area contributed by atoms with E-state index < -0.39 is 0 Å². The Labute approximate surface area is 75.8 Å². The number of nitrogens with zero attached hydrogens (tertiary/aromatic N) is 2. The molecule has 4 nitrogen and oxygen atoms in total. The van der Waals surface area contributed by atoms with E-state index in [2.05, 4.69) is 17.1 Å². The van der Waals surface area contributed by atoms with Gasteiger partial charge in [0.05, 0.1) is 0 Å². The second-order valence-electron chi connectivity index (χ2n) is 3.23. The van der Waals surface area contributed by atoms with Gasteiger partial charge in [0.15, 0.2) is 4.77 Å². The fraction of sp³-hybridized carbons (Fsp3) is 0.714. The quantitative estimate of drug-likeness (QED) is 0.685. The third-order valence-electron chi connectivity index (χ3n) is 2.47. The summed E-state index contributed by atoms with van der Waals surface area (Å²) >= 11 is 5.05. The molecule has 1 saturated carbocycles. The van der Waals surface area contributed by atoms with Gasteiger partial charge in [-0.3, -0.25) is 4.57 Å². The molecule has 2 rings (SSSR count). The van der Waals surface area contributed by atoms with Gasteiger partial charge >= 0.3 is 0 Å². The van der Waals surface area contributed by atoms with Gasteiger partial charge in [-0.1, -0.05) is 13.3 Å². The van der Waals surface area contributed by atoms with Gasteiger partial charge in [-0.05, 0) is 24.6 Å². The maximum Gasteiger partial charge on any atom is 0.220 e. The summed E-state index contributed by atoms with van der Waals surface area (Å²) < 4.78 is 2.57. The predicted molar refractivity (Wildman–Crippen MR) is 49.3 cm³/mol. The number of nitrogens with two attached hydrogens (primary N) is 1. The van der Waals surface area contributed by atoms with E-state index in [4.69, 9.17) is 18.0 Å².